The number of hydrogen-bond donors (Lipinski definition) is 1. The molecule has 1 fully saturated rings. The van der Waals surface area contributed by atoms with Crippen molar-refractivity contribution in [3.8, 4) is 11.5 Å². The summed E-state index contributed by atoms with van der Waals surface area (Å²) >= 11 is 0. The molecule has 29 heavy (non-hydrogen) atoms. The molecule has 5 heteroatoms. The number of pyridine rings is 1. The number of carbonyl (C=O) groups is 1. The van der Waals surface area contributed by atoms with Crippen LogP contribution >= 0.6 is 0 Å². The highest BCUT2D eigenvalue weighted by atomic mass is 16.5. The molecule has 3 aromatic rings. The van der Waals surface area contributed by atoms with Crippen LogP contribution in [0.5, 0.6) is 11.5 Å². The number of nitrogens with zero attached hydrogens (tertiary/aromatic N) is 2. The first-order chi connectivity index (χ1) is 14.3. The van der Waals surface area contributed by atoms with Gasteiger partial charge in [-0.1, -0.05) is 42.5 Å². The van der Waals surface area contributed by atoms with Crippen molar-refractivity contribution in [2.75, 3.05) is 18.0 Å². The summed E-state index contributed by atoms with van der Waals surface area (Å²) in [5.41, 5.74) is 2.78. The topological polar surface area (TPSA) is 54.5 Å². The van der Waals surface area contributed by atoms with Crippen molar-refractivity contribution in [2.24, 2.45) is 0 Å². The molecular weight excluding hydrogens is 362 g/mol. The lowest BCUT2D eigenvalue weighted by Gasteiger charge is -2.27. The minimum Gasteiger partial charge on any atom is -0.457 e. The fourth-order valence-corrected chi connectivity index (χ4v) is 4.14. The molecule has 0 bridgehead atoms. The zero-order chi connectivity index (χ0) is 19.6. The van der Waals surface area contributed by atoms with E-state index in [1.165, 1.54) is 12.8 Å². The number of rotatable bonds is 4. The summed E-state index contributed by atoms with van der Waals surface area (Å²) in [6, 6.07) is 19.6. The zero-order valence-corrected chi connectivity index (χ0v) is 16.2. The second kappa shape index (κ2) is 7.59. The SMILES string of the molecule is O=C(NCc1ccc(N2CCCC2)nc1)C1c2ccccc2Oc2ccccc21. The Labute approximate surface area is 170 Å². The average molecular weight is 385 g/mol. The second-order valence-electron chi connectivity index (χ2n) is 7.55. The summed E-state index contributed by atoms with van der Waals surface area (Å²) in [5.74, 6) is 2.08. The van der Waals surface area contributed by atoms with E-state index in [4.69, 9.17) is 4.74 Å². The molecule has 0 aliphatic carbocycles. The third-order valence-corrected chi connectivity index (χ3v) is 5.65. The Bertz CT molecular complexity index is 981. The first-order valence-corrected chi connectivity index (χ1v) is 10.1. The van der Waals surface area contributed by atoms with Crippen molar-refractivity contribution in [1.29, 1.82) is 0 Å². The Morgan fingerprint density at radius 3 is 2.24 bits per heavy atom. The molecular formula is C24H23N3O2. The Morgan fingerprint density at radius 1 is 0.966 bits per heavy atom. The number of ether oxygens (including phenoxy) is 1. The van der Waals surface area contributed by atoms with Gasteiger partial charge in [0.15, 0.2) is 0 Å². The number of hydrogen-bond acceptors (Lipinski definition) is 4. The summed E-state index contributed by atoms with van der Waals surface area (Å²) in [4.78, 5) is 20.1. The maximum absolute atomic E-state index is 13.2. The maximum atomic E-state index is 13.2. The molecule has 5 nitrogen and oxygen atoms in total. The van der Waals surface area contributed by atoms with Crippen molar-refractivity contribution in [3.05, 3.63) is 83.6 Å². The number of carbonyl (C=O) groups excluding carboxylic acids is 1. The standard InChI is InChI=1S/C24H23N3O2/c28-24(26-16-17-11-12-22(25-15-17)27-13-5-6-14-27)23-18-7-1-3-9-20(18)29-21-10-4-2-8-19(21)23/h1-4,7-12,15,23H,5-6,13-14,16H2,(H,26,28). The summed E-state index contributed by atoms with van der Waals surface area (Å²) in [5, 5.41) is 3.09. The van der Waals surface area contributed by atoms with Crippen molar-refractivity contribution in [2.45, 2.75) is 25.3 Å². The number of benzene rings is 2. The van der Waals surface area contributed by atoms with Crippen LogP contribution in [0.15, 0.2) is 66.9 Å². The summed E-state index contributed by atoms with van der Waals surface area (Å²) in [7, 11) is 0. The predicted molar refractivity (Wildman–Crippen MR) is 112 cm³/mol. The second-order valence-corrected chi connectivity index (χ2v) is 7.55. The third-order valence-electron chi connectivity index (χ3n) is 5.65. The van der Waals surface area contributed by atoms with Crippen LogP contribution in [-0.4, -0.2) is 24.0 Å². The van der Waals surface area contributed by atoms with E-state index in [0.29, 0.717) is 6.54 Å². The van der Waals surface area contributed by atoms with Crippen molar-refractivity contribution >= 4 is 11.7 Å². The largest absolute Gasteiger partial charge is 0.457 e. The quantitative estimate of drug-likeness (QED) is 0.730. The van der Waals surface area contributed by atoms with Gasteiger partial charge in [-0.05, 0) is 36.6 Å². The summed E-state index contributed by atoms with van der Waals surface area (Å²) < 4.78 is 5.99. The molecule has 1 N–H and O–H groups in total. The summed E-state index contributed by atoms with van der Waals surface area (Å²) in [6.07, 6.45) is 4.32. The van der Waals surface area contributed by atoms with E-state index in [0.717, 1.165) is 47.1 Å². The molecule has 1 aromatic heterocycles. The Hall–Kier alpha value is -3.34. The first kappa shape index (κ1) is 17.7. The van der Waals surface area contributed by atoms with E-state index in [2.05, 4.69) is 15.2 Å². The lowest BCUT2D eigenvalue weighted by atomic mass is 9.87. The number of nitrogens with one attached hydrogen (secondary N) is 1. The normalized spacial score (nSPS) is 15.4. The van der Waals surface area contributed by atoms with E-state index < -0.39 is 0 Å². The molecule has 0 unspecified atom stereocenters. The average Bonchev–Trinajstić information content (AvgIpc) is 3.31. The van der Waals surface area contributed by atoms with Crippen LogP contribution in [0.4, 0.5) is 5.82 Å². The highest BCUT2D eigenvalue weighted by molar-refractivity contribution is 5.89. The van der Waals surface area contributed by atoms with Gasteiger partial charge >= 0.3 is 0 Å². The number of amides is 1. The Morgan fingerprint density at radius 2 is 1.62 bits per heavy atom. The molecule has 0 saturated carbocycles. The van der Waals surface area contributed by atoms with Crippen LogP contribution in [0.3, 0.4) is 0 Å². The third kappa shape index (κ3) is 3.44. The van der Waals surface area contributed by atoms with E-state index >= 15 is 0 Å². The van der Waals surface area contributed by atoms with E-state index in [1.807, 2.05) is 66.9 Å². The number of para-hydroxylation sites is 2. The lowest BCUT2D eigenvalue weighted by Crippen LogP contribution is -2.31. The molecule has 0 radical (unpaired) electrons. The molecule has 5 rings (SSSR count). The zero-order valence-electron chi connectivity index (χ0n) is 16.2. The number of fused-ring (bicyclic) bond motifs is 2. The minimum absolute atomic E-state index is 0.0307. The van der Waals surface area contributed by atoms with Crippen LogP contribution in [-0.2, 0) is 11.3 Å². The first-order valence-electron chi connectivity index (χ1n) is 10.1. The minimum atomic E-state index is -0.381. The Balaban J connectivity index is 1.33. The van der Waals surface area contributed by atoms with Gasteiger partial charge < -0.3 is 15.0 Å². The maximum Gasteiger partial charge on any atom is 0.232 e. The molecule has 2 aliphatic rings. The van der Waals surface area contributed by atoms with Crippen LogP contribution in [0.2, 0.25) is 0 Å². The van der Waals surface area contributed by atoms with Crippen LogP contribution < -0.4 is 15.0 Å². The van der Waals surface area contributed by atoms with Crippen molar-refractivity contribution in [3.63, 3.8) is 0 Å². The molecule has 3 heterocycles. The fraction of sp³-hybridized carbons (Fsp3) is 0.250. The molecule has 1 amide bonds. The van der Waals surface area contributed by atoms with Gasteiger partial charge in [-0.25, -0.2) is 4.98 Å². The number of aromatic nitrogens is 1. The van der Waals surface area contributed by atoms with E-state index in [-0.39, 0.29) is 11.8 Å². The van der Waals surface area contributed by atoms with Crippen LogP contribution in [0.25, 0.3) is 0 Å². The predicted octanol–water partition coefficient (Wildman–Crippen LogP) is 4.24. The molecule has 1 saturated heterocycles. The fourth-order valence-electron chi connectivity index (χ4n) is 4.14. The van der Waals surface area contributed by atoms with Gasteiger partial charge in [0.1, 0.15) is 17.3 Å². The van der Waals surface area contributed by atoms with Gasteiger partial charge in [-0.15, -0.1) is 0 Å². The Kier molecular flexibility index (Phi) is 4.64. The van der Waals surface area contributed by atoms with Gasteiger partial charge in [0, 0.05) is 37.0 Å². The van der Waals surface area contributed by atoms with Crippen LogP contribution in [0.1, 0.15) is 35.4 Å². The van der Waals surface area contributed by atoms with Gasteiger partial charge in [-0.2, -0.15) is 0 Å². The smallest absolute Gasteiger partial charge is 0.232 e. The summed E-state index contributed by atoms with van der Waals surface area (Å²) in [6.45, 7) is 2.60. The van der Waals surface area contributed by atoms with Gasteiger partial charge in [0.25, 0.3) is 0 Å². The molecule has 0 spiro atoms. The highest BCUT2D eigenvalue weighted by Gasteiger charge is 2.32. The van der Waals surface area contributed by atoms with Crippen LogP contribution in [0, 0.1) is 0 Å². The van der Waals surface area contributed by atoms with Gasteiger partial charge in [0.05, 0.1) is 5.92 Å². The van der Waals surface area contributed by atoms with Gasteiger partial charge in [0.2, 0.25) is 5.91 Å². The van der Waals surface area contributed by atoms with Gasteiger partial charge in [-0.3, -0.25) is 4.79 Å². The molecule has 2 aliphatic heterocycles. The van der Waals surface area contributed by atoms with E-state index in [1.54, 1.807) is 0 Å². The van der Waals surface area contributed by atoms with Crippen molar-refractivity contribution in [1.82, 2.24) is 10.3 Å². The van der Waals surface area contributed by atoms with Crippen molar-refractivity contribution < 1.29 is 9.53 Å². The molecule has 0 atom stereocenters. The number of anilines is 1. The molecule has 146 valence electrons. The molecule has 2 aromatic carbocycles. The highest BCUT2D eigenvalue weighted by Crippen LogP contribution is 2.43. The van der Waals surface area contributed by atoms with E-state index in [9.17, 15) is 4.79 Å². The lowest BCUT2D eigenvalue weighted by molar-refractivity contribution is -0.122. The monoisotopic (exact) mass is 385 g/mol.